The fraction of sp³-hybridized carbons (Fsp3) is 0.154. The molecule has 178 valence electrons. The number of hydrogen-bond donors (Lipinski definition) is 3. The molecule has 0 aliphatic rings. The van der Waals surface area contributed by atoms with Gasteiger partial charge in [-0.1, -0.05) is 6.92 Å². The van der Waals surface area contributed by atoms with E-state index in [0.29, 0.717) is 29.1 Å². The smallest absolute Gasteiger partial charge is 0.224 e. The minimum Gasteiger partial charge on any atom is -0.336 e. The Hall–Kier alpha value is -4.44. The van der Waals surface area contributed by atoms with Gasteiger partial charge >= 0.3 is 0 Å². The quantitative estimate of drug-likeness (QED) is 0.271. The molecule has 9 nitrogen and oxygen atoms in total. The van der Waals surface area contributed by atoms with Gasteiger partial charge in [-0.2, -0.15) is 5.10 Å². The Morgan fingerprint density at radius 3 is 2.75 bits per heavy atom. The molecule has 0 aliphatic heterocycles. The lowest BCUT2D eigenvalue weighted by Crippen LogP contribution is -2.10. The molecule has 0 bridgehead atoms. The van der Waals surface area contributed by atoms with Gasteiger partial charge in [-0.3, -0.25) is 19.9 Å². The summed E-state index contributed by atoms with van der Waals surface area (Å²) in [6, 6.07) is 11.8. The molecule has 0 saturated heterocycles. The number of carbonyl (C=O) groups excluding carboxylic acids is 1. The number of nitrogens with one attached hydrogen (secondary N) is 3. The number of fused-ring (bicyclic) bond motifs is 2. The number of amides is 1. The van der Waals surface area contributed by atoms with Crippen LogP contribution in [0, 0.1) is 6.92 Å². The number of thiophene rings is 1. The lowest BCUT2D eigenvalue weighted by atomic mass is 10.1. The van der Waals surface area contributed by atoms with E-state index >= 15 is 0 Å². The number of aromatic nitrogens is 7. The van der Waals surface area contributed by atoms with Crippen molar-refractivity contribution in [2.24, 2.45) is 0 Å². The number of rotatable bonds is 6. The summed E-state index contributed by atoms with van der Waals surface area (Å²) in [4.78, 5) is 36.3. The van der Waals surface area contributed by atoms with E-state index in [1.807, 2.05) is 31.2 Å². The highest BCUT2D eigenvalue weighted by Crippen LogP contribution is 2.33. The number of aryl methyl sites for hydroxylation is 1. The van der Waals surface area contributed by atoms with Crippen molar-refractivity contribution in [2.75, 3.05) is 5.32 Å². The van der Waals surface area contributed by atoms with E-state index < -0.39 is 0 Å². The van der Waals surface area contributed by atoms with Crippen molar-refractivity contribution < 1.29 is 4.79 Å². The highest BCUT2D eigenvalue weighted by Gasteiger charge is 2.18. The maximum atomic E-state index is 12.0. The predicted molar refractivity (Wildman–Crippen MR) is 142 cm³/mol. The molecule has 36 heavy (non-hydrogen) atoms. The predicted octanol–water partition coefficient (Wildman–Crippen LogP) is 5.73. The second-order valence-corrected chi connectivity index (χ2v) is 9.76. The van der Waals surface area contributed by atoms with Crippen LogP contribution < -0.4 is 5.32 Å². The Morgan fingerprint density at radius 1 is 1.03 bits per heavy atom. The standard InChI is InChI=1S/C26H22N8OS/c1-3-4-21(35)29-16-11-15(12-27-13-16)17-6-7-19-23(30-17)25(34-33-19)26-31-18-9-10-28-24(22(18)32-26)20-8-5-14(2)36-20/h5-13H,3-4H2,1-2H3,(H,29,35)(H,31,32)(H,33,34). The van der Waals surface area contributed by atoms with Crippen molar-refractivity contribution in [1.82, 2.24) is 35.1 Å². The van der Waals surface area contributed by atoms with Crippen molar-refractivity contribution >= 4 is 45.0 Å². The summed E-state index contributed by atoms with van der Waals surface area (Å²) in [6.07, 6.45) is 6.40. The summed E-state index contributed by atoms with van der Waals surface area (Å²) in [5, 5.41) is 10.4. The van der Waals surface area contributed by atoms with Crippen LogP contribution in [0.5, 0.6) is 0 Å². The highest BCUT2D eigenvalue weighted by molar-refractivity contribution is 7.15. The number of nitrogens with zero attached hydrogens (tertiary/aromatic N) is 5. The van der Waals surface area contributed by atoms with Gasteiger partial charge in [0.05, 0.1) is 33.5 Å². The largest absolute Gasteiger partial charge is 0.336 e. The first kappa shape index (κ1) is 22.1. The van der Waals surface area contributed by atoms with Gasteiger partial charge in [-0.05, 0) is 49.7 Å². The Bertz CT molecular complexity index is 1730. The van der Waals surface area contributed by atoms with Crippen LogP contribution in [0.2, 0.25) is 0 Å². The van der Waals surface area contributed by atoms with E-state index in [2.05, 4.69) is 49.5 Å². The Labute approximate surface area is 210 Å². The molecule has 0 aromatic carbocycles. The Balaban J connectivity index is 1.40. The van der Waals surface area contributed by atoms with Crippen LogP contribution in [0.3, 0.4) is 0 Å². The fourth-order valence-corrected chi connectivity index (χ4v) is 4.98. The van der Waals surface area contributed by atoms with Gasteiger partial charge in [0.2, 0.25) is 5.91 Å². The second-order valence-electron chi connectivity index (χ2n) is 8.48. The normalized spacial score (nSPS) is 11.4. The molecular weight excluding hydrogens is 472 g/mol. The molecule has 0 atom stereocenters. The zero-order valence-electron chi connectivity index (χ0n) is 19.7. The van der Waals surface area contributed by atoms with E-state index in [4.69, 9.17) is 9.97 Å². The number of anilines is 1. The molecule has 6 aromatic rings. The van der Waals surface area contributed by atoms with Crippen molar-refractivity contribution in [3.63, 3.8) is 0 Å². The molecule has 0 saturated carbocycles. The van der Waals surface area contributed by atoms with Gasteiger partial charge in [0.25, 0.3) is 0 Å². The van der Waals surface area contributed by atoms with Crippen molar-refractivity contribution in [3.05, 3.63) is 59.9 Å². The maximum absolute atomic E-state index is 12.0. The summed E-state index contributed by atoms with van der Waals surface area (Å²) < 4.78 is 0. The van der Waals surface area contributed by atoms with Crippen molar-refractivity contribution in [2.45, 2.75) is 26.7 Å². The molecular formula is C26H22N8OS. The number of imidazole rings is 1. The third kappa shape index (κ3) is 4.01. The minimum atomic E-state index is -0.0339. The van der Waals surface area contributed by atoms with Crippen LogP contribution in [-0.4, -0.2) is 41.0 Å². The fourth-order valence-electron chi connectivity index (χ4n) is 4.11. The van der Waals surface area contributed by atoms with E-state index in [1.165, 1.54) is 4.88 Å². The van der Waals surface area contributed by atoms with Crippen LogP contribution in [0.1, 0.15) is 24.6 Å². The van der Waals surface area contributed by atoms with E-state index in [1.54, 1.807) is 29.9 Å². The molecule has 0 aliphatic carbocycles. The van der Waals surface area contributed by atoms with Crippen LogP contribution in [0.4, 0.5) is 5.69 Å². The molecule has 6 rings (SSSR count). The summed E-state index contributed by atoms with van der Waals surface area (Å²) >= 11 is 1.69. The molecule has 1 amide bonds. The molecule has 3 N–H and O–H groups in total. The van der Waals surface area contributed by atoms with Gasteiger partial charge in [0.15, 0.2) is 11.5 Å². The summed E-state index contributed by atoms with van der Waals surface area (Å²) in [6.45, 7) is 4.05. The van der Waals surface area contributed by atoms with E-state index in [0.717, 1.165) is 44.8 Å². The van der Waals surface area contributed by atoms with Crippen molar-refractivity contribution in [3.8, 4) is 33.3 Å². The second kappa shape index (κ2) is 8.97. The topological polar surface area (TPSA) is 125 Å². The summed E-state index contributed by atoms with van der Waals surface area (Å²) in [7, 11) is 0. The summed E-state index contributed by atoms with van der Waals surface area (Å²) in [5.41, 5.74) is 6.77. The molecule has 0 spiro atoms. The SMILES string of the molecule is CCCC(=O)Nc1cncc(-c2ccc3[nH]nc(-c4nc5c(-c6ccc(C)s6)nccc5[nH]4)c3n2)c1. The third-order valence-corrected chi connectivity index (χ3v) is 6.81. The number of H-pyrrole nitrogens is 2. The number of pyridine rings is 3. The minimum absolute atomic E-state index is 0.0339. The van der Waals surface area contributed by atoms with Gasteiger partial charge in [-0.25, -0.2) is 9.97 Å². The Kier molecular flexibility index (Phi) is 5.49. The van der Waals surface area contributed by atoms with Crippen LogP contribution in [0.15, 0.2) is 55.0 Å². The maximum Gasteiger partial charge on any atom is 0.224 e. The molecule has 0 unspecified atom stereocenters. The summed E-state index contributed by atoms with van der Waals surface area (Å²) in [5.74, 6) is 0.579. The molecule has 0 fully saturated rings. The monoisotopic (exact) mass is 494 g/mol. The average Bonchev–Trinajstić information content (AvgIpc) is 3.61. The lowest BCUT2D eigenvalue weighted by molar-refractivity contribution is -0.116. The zero-order valence-corrected chi connectivity index (χ0v) is 20.5. The van der Waals surface area contributed by atoms with Crippen LogP contribution in [0.25, 0.3) is 55.4 Å². The molecule has 0 radical (unpaired) electrons. The first-order valence-electron chi connectivity index (χ1n) is 11.6. The molecule has 6 aromatic heterocycles. The highest BCUT2D eigenvalue weighted by atomic mass is 32.1. The Morgan fingerprint density at radius 2 is 1.92 bits per heavy atom. The van der Waals surface area contributed by atoms with Crippen LogP contribution in [-0.2, 0) is 4.79 Å². The van der Waals surface area contributed by atoms with Gasteiger partial charge in [-0.15, -0.1) is 11.3 Å². The number of carbonyl (C=O) groups is 1. The van der Waals surface area contributed by atoms with Gasteiger partial charge in [0.1, 0.15) is 16.7 Å². The molecule has 6 heterocycles. The van der Waals surface area contributed by atoms with E-state index in [9.17, 15) is 4.79 Å². The van der Waals surface area contributed by atoms with Gasteiger partial charge in [0, 0.05) is 29.3 Å². The zero-order chi connectivity index (χ0) is 24.6. The van der Waals surface area contributed by atoms with Crippen LogP contribution >= 0.6 is 11.3 Å². The van der Waals surface area contributed by atoms with E-state index in [-0.39, 0.29) is 5.91 Å². The third-order valence-electron chi connectivity index (χ3n) is 5.80. The molecule has 10 heteroatoms. The lowest BCUT2D eigenvalue weighted by Gasteiger charge is -2.06. The number of aromatic amines is 2. The van der Waals surface area contributed by atoms with Gasteiger partial charge < -0.3 is 10.3 Å². The van der Waals surface area contributed by atoms with Crippen molar-refractivity contribution in [1.29, 1.82) is 0 Å². The number of hydrogen-bond acceptors (Lipinski definition) is 7. The first-order valence-corrected chi connectivity index (χ1v) is 12.4. The average molecular weight is 495 g/mol. The first-order chi connectivity index (χ1) is 17.6.